The van der Waals surface area contributed by atoms with E-state index in [1.807, 2.05) is 24.3 Å². The molecule has 1 aromatic heterocycles. The summed E-state index contributed by atoms with van der Waals surface area (Å²) in [5.41, 5.74) is 9.96. The lowest BCUT2D eigenvalue weighted by molar-refractivity contribution is 0.668. The Labute approximate surface area is 111 Å². The molecule has 2 N–H and O–H groups in total. The zero-order chi connectivity index (χ0) is 12.8. The fourth-order valence-electron chi connectivity index (χ4n) is 2.54. The number of para-hydroxylation sites is 1. The standard InChI is InChI=1S/C16H15N3/c17-12-7-5-11(6-8-12)16-14-3-1-2-4-15(14)19(18-16)13-9-10-13/h1-8,13H,9-10,17H2. The highest BCUT2D eigenvalue weighted by Gasteiger charge is 2.27. The van der Waals surface area contributed by atoms with Gasteiger partial charge in [0.2, 0.25) is 0 Å². The number of benzene rings is 2. The molecular weight excluding hydrogens is 234 g/mol. The van der Waals surface area contributed by atoms with Crippen molar-refractivity contribution in [1.29, 1.82) is 0 Å². The first-order chi connectivity index (χ1) is 9.33. The summed E-state index contributed by atoms with van der Waals surface area (Å²) >= 11 is 0. The molecule has 0 aliphatic heterocycles. The van der Waals surface area contributed by atoms with Crippen LogP contribution in [-0.2, 0) is 0 Å². The smallest absolute Gasteiger partial charge is 0.100 e. The topological polar surface area (TPSA) is 43.8 Å². The van der Waals surface area contributed by atoms with Gasteiger partial charge in [0.15, 0.2) is 0 Å². The molecule has 4 rings (SSSR count). The Balaban J connectivity index is 1.96. The van der Waals surface area contributed by atoms with Gasteiger partial charge in [-0.1, -0.05) is 30.3 Å². The van der Waals surface area contributed by atoms with Gasteiger partial charge >= 0.3 is 0 Å². The number of nitrogen functional groups attached to an aromatic ring is 1. The van der Waals surface area contributed by atoms with Gasteiger partial charge in [0, 0.05) is 16.6 Å². The van der Waals surface area contributed by atoms with Gasteiger partial charge in [0.05, 0.1) is 11.6 Å². The first-order valence-corrected chi connectivity index (χ1v) is 6.66. The number of rotatable bonds is 2. The highest BCUT2D eigenvalue weighted by atomic mass is 15.3. The van der Waals surface area contributed by atoms with E-state index in [9.17, 15) is 0 Å². The molecule has 94 valence electrons. The number of nitrogens with zero attached hydrogens (tertiary/aromatic N) is 2. The van der Waals surface area contributed by atoms with Crippen molar-refractivity contribution in [2.24, 2.45) is 0 Å². The third-order valence-corrected chi connectivity index (χ3v) is 3.69. The average Bonchev–Trinajstić information content (AvgIpc) is 3.21. The van der Waals surface area contributed by atoms with Crippen LogP contribution in [-0.4, -0.2) is 9.78 Å². The Bertz CT molecular complexity index is 736. The maximum absolute atomic E-state index is 5.76. The van der Waals surface area contributed by atoms with E-state index in [1.54, 1.807) is 0 Å². The van der Waals surface area contributed by atoms with E-state index in [-0.39, 0.29) is 0 Å². The van der Waals surface area contributed by atoms with Crippen molar-refractivity contribution >= 4 is 16.6 Å². The molecule has 1 aliphatic rings. The van der Waals surface area contributed by atoms with Gasteiger partial charge in [0.1, 0.15) is 5.69 Å². The molecule has 0 atom stereocenters. The van der Waals surface area contributed by atoms with Gasteiger partial charge in [-0.15, -0.1) is 0 Å². The number of anilines is 1. The fraction of sp³-hybridized carbons (Fsp3) is 0.188. The molecule has 0 amide bonds. The summed E-state index contributed by atoms with van der Waals surface area (Å²) in [5, 5.41) is 6.05. The normalized spacial score (nSPS) is 14.9. The number of nitrogens with two attached hydrogens (primary N) is 1. The quantitative estimate of drug-likeness (QED) is 0.705. The van der Waals surface area contributed by atoms with E-state index >= 15 is 0 Å². The molecule has 3 nitrogen and oxygen atoms in total. The van der Waals surface area contributed by atoms with E-state index in [0.717, 1.165) is 16.9 Å². The van der Waals surface area contributed by atoms with Crippen molar-refractivity contribution in [3.8, 4) is 11.3 Å². The molecule has 2 aromatic carbocycles. The minimum atomic E-state index is 0.590. The Kier molecular flexibility index (Phi) is 2.15. The van der Waals surface area contributed by atoms with E-state index in [4.69, 9.17) is 10.8 Å². The molecule has 0 saturated heterocycles. The third-order valence-electron chi connectivity index (χ3n) is 3.69. The predicted octanol–water partition coefficient (Wildman–Crippen LogP) is 3.62. The van der Waals surface area contributed by atoms with E-state index < -0.39 is 0 Å². The summed E-state index contributed by atoms with van der Waals surface area (Å²) < 4.78 is 2.18. The second kappa shape index (κ2) is 3.85. The highest BCUT2D eigenvalue weighted by molar-refractivity contribution is 5.93. The van der Waals surface area contributed by atoms with Crippen molar-refractivity contribution in [2.75, 3.05) is 5.73 Å². The highest BCUT2D eigenvalue weighted by Crippen LogP contribution is 2.39. The van der Waals surface area contributed by atoms with Crippen LogP contribution >= 0.6 is 0 Å². The van der Waals surface area contributed by atoms with Crippen LogP contribution in [0, 0.1) is 0 Å². The minimum Gasteiger partial charge on any atom is -0.399 e. The number of aromatic nitrogens is 2. The fourth-order valence-corrected chi connectivity index (χ4v) is 2.54. The SMILES string of the molecule is Nc1ccc(-c2nn(C3CC3)c3ccccc23)cc1. The summed E-state index contributed by atoms with van der Waals surface area (Å²) in [6, 6.07) is 17.0. The first-order valence-electron chi connectivity index (χ1n) is 6.66. The lowest BCUT2D eigenvalue weighted by Gasteiger charge is -1.99. The number of fused-ring (bicyclic) bond motifs is 1. The van der Waals surface area contributed by atoms with Crippen LogP contribution in [0.4, 0.5) is 5.69 Å². The van der Waals surface area contributed by atoms with Gasteiger partial charge in [-0.2, -0.15) is 5.10 Å². The van der Waals surface area contributed by atoms with Gasteiger partial charge in [0.25, 0.3) is 0 Å². The first kappa shape index (κ1) is 10.6. The summed E-state index contributed by atoms with van der Waals surface area (Å²) in [6.07, 6.45) is 2.49. The van der Waals surface area contributed by atoms with E-state index in [0.29, 0.717) is 6.04 Å². The Morgan fingerprint density at radius 1 is 1.00 bits per heavy atom. The molecule has 1 aliphatic carbocycles. The van der Waals surface area contributed by atoms with Crippen LogP contribution in [0.1, 0.15) is 18.9 Å². The molecule has 1 fully saturated rings. The Morgan fingerprint density at radius 3 is 2.47 bits per heavy atom. The zero-order valence-electron chi connectivity index (χ0n) is 10.6. The molecule has 0 unspecified atom stereocenters. The van der Waals surface area contributed by atoms with Gasteiger partial charge in [-0.25, -0.2) is 0 Å². The largest absolute Gasteiger partial charge is 0.399 e. The summed E-state index contributed by atoms with van der Waals surface area (Å²) in [7, 11) is 0. The molecule has 3 heteroatoms. The molecular formula is C16H15N3. The van der Waals surface area contributed by atoms with Gasteiger partial charge < -0.3 is 5.73 Å². The van der Waals surface area contributed by atoms with Crippen molar-refractivity contribution in [3.63, 3.8) is 0 Å². The second-order valence-corrected chi connectivity index (χ2v) is 5.16. The maximum atomic E-state index is 5.76. The van der Waals surface area contributed by atoms with Crippen LogP contribution in [0.2, 0.25) is 0 Å². The van der Waals surface area contributed by atoms with Crippen LogP contribution in [0.3, 0.4) is 0 Å². The zero-order valence-corrected chi connectivity index (χ0v) is 10.6. The molecule has 0 spiro atoms. The summed E-state index contributed by atoms with van der Waals surface area (Å²) in [4.78, 5) is 0. The number of hydrogen-bond donors (Lipinski definition) is 1. The van der Waals surface area contributed by atoms with Crippen molar-refractivity contribution in [3.05, 3.63) is 48.5 Å². The molecule has 0 bridgehead atoms. The summed E-state index contributed by atoms with van der Waals surface area (Å²) in [5.74, 6) is 0. The van der Waals surface area contributed by atoms with Crippen LogP contribution in [0.5, 0.6) is 0 Å². The number of hydrogen-bond acceptors (Lipinski definition) is 2. The van der Waals surface area contributed by atoms with Gasteiger partial charge in [-0.3, -0.25) is 4.68 Å². The minimum absolute atomic E-state index is 0.590. The molecule has 1 saturated carbocycles. The Morgan fingerprint density at radius 2 is 1.74 bits per heavy atom. The average molecular weight is 249 g/mol. The third kappa shape index (κ3) is 1.70. The second-order valence-electron chi connectivity index (χ2n) is 5.16. The lowest BCUT2D eigenvalue weighted by atomic mass is 10.1. The van der Waals surface area contributed by atoms with Crippen molar-refractivity contribution in [2.45, 2.75) is 18.9 Å². The maximum Gasteiger partial charge on any atom is 0.100 e. The summed E-state index contributed by atoms with van der Waals surface area (Å²) in [6.45, 7) is 0. The van der Waals surface area contributed by atoms with E-state index in [1.165, 1.54) is 23.7 Å². The molecule has 0 radical (unpaired) electrons. The molecule has 3 aromatic rings. The van der Waals surface area contributed by atoms with Crippen molar-refractivity contribution < 1.29 is 0 Å². The molecule has 1 heterocycles. The van der Waals surface area contributed by atoms with Crippen LogP contribution in [0.25, 0.3) is 22.2 Å². The van der Waals surface area contributed by atoms with E-state index in [2.05, 4.69) is 28.9 Å². The van der Waals surface area contributed by atoms with Crippen molar-refractivity contribution in [1.82, 2.24) is 9.78 Å². The Hall–Kier alpha value is -2.29. The monoisotopic (exact) mass is 249 g/mol. The van der Waals surface area contributed by atoms with Gasteiger partial charge in [-0.05, 0) is 31.0 Å². The lowest BCUT2D eigenvalue weighted by Crippen LogP contribution is -1.95. The van der Waals surface area contributed by atoms with Crippen LogP contribution < -0.4 is 5.73 Å². The predicted molar refractivity (Wildman–Crippen MR) is 77.9 cm³/mol. The molecule has 19 heavy (non-hydrogen) atoms. The van der Waals surface area contributed by atoms with Crippen LogP contribution in [0.15, 0.2) is 48.5 Å².